The summed E-state index contributed by atoms with van der Waals surface area (Å²) in [6, 6.07) is 6.68. The first-order valence-corrected chi connectivity index (χ1v) is 6.23. The van der Waals surface area contributed by atoms with Gasteiger partial charge in [-0.1, -0.05) is 12.1 Å². The summed E-state index contributed by atoms with van der Waals surface area (Å²) < 4.78 is 13.9. The van der Waals surface area contributed by atoms with Crippen molar-refractivity contribution in [1.29, 1.82) is 0 Å². The number of rotatable bonds is 5. The van der Waals surface area contributed by atoms with Crippen molar-refractivity contribution in [3.8, 4) is 0 Å². The van der Waals surface area contributed by atoms with Gasteiger partial charge >= 0.3 is 0 Å². The number of halogens is 1. The SMILES string of the molecule is CCN(c1cncc(CNC)n1)c1ccccc1F. The lowest BCUT2D eigenvalue weighted by Crippen LogP contribution is -2.20. The molecule has 0 aliphatic heterocycles. The van der Waals surface area contributed by atoms with Crippen molar-refractivity contribution in [3.05, 3.63) is 48.2 Å². The van der Waals surface area contributed by atoms with Crippen LogP contribution in [0.2, 0.25) is 0 Å². The fourth-order valence-corrected chi connectivity index (χ4v) is 1.92. The molecule has 0 saturated carbocycles. The highest BCUT2D eigenvalue weighted by Crippen LogP contribution is 2.25. The molecular formula is C14H17FN4. The van der Waals surface area contributed by atoms with E-state index in [4.69, 9.17) is 0 Å². The van der Waals surface area contributed by atoms with Gasteiger partial charge in [0, 0.05) is 19.3 Å². The summed E-state index contributed by atoms with van der Waals surface area (Å²) in [5.41, 5.74) is 1.34. The minimum absolute atomic E-state index is 0.259. The van der Waals surface area contributed by atoms with Crippen LogP contribution in [0, 0.1) is 5.82 Å². The smallest absolute Gasteiger partial charge is 0.151 e. The number of nitrogens with zero attached hydrogens (tertiary/aromatic N) is 3. The summed E-state index contributed by atoms with van der Waals surface area (Å²) in [7, 11) is 1.85. The predicted molar refractivity (Wildman–Crippen MR) is 73.9 cm³/mol. The van der Waals surface area contributed by atoms with Gasteiger partial charge in [-0.15, -0.1) is 0 Å². The summed E-state index contributed by atoms with van der Waals surface area (Å²) in [4.78, 5) is 10.5. The Bertz CT molecular complexity index is 544. The van der Waals surface area contributed by atoms with Crippen molar-refractivity contribution in [2.45, 2.75) is 13.5 Å². The van der Waals surface area contributed by atoms with Crippen molar-refractivity contribution >= 4 is 11.5 Å². The van der Waals surface area contributed by atoms with Crippen molar-refractivity contribution in [2.24, 2.45) is 0 Å². The topological polar surface area (TPSA) is 41.1 Å². The molecule has 2 rings (SSSR count). The fraction of sp³-hybridized carbons (Fsp3) is 0.286. The lowest BCUT2D eigenvalue weighted by atomic mass is 10.2. The third-order valence-electron chi connectivity index (χ3n) is 2.77. The van der Waals surface area contributed by atoms with Gasteiger partial charge in [0.25, 0.3) is 0 Å². The van der Waals surface area contributed by atoms with Crippen LogP contribution in [0.25, 0.3) is 0 Å². The third-order valence-corrected chi connectivity index (χ3v) is 2.77. The highest BCUT2D eigenvalue weighted by molar-refractivity contribution is 5.59. The highest BCUT2D eigenvalue weighted by Gasteiger charge is 2.13. The first-order chi connectivity index (χ1) is 9.26. The van der Waals surface area contributed by atoms with Crippen LogP contribution in [-0.4, -0.2) is 23.6 Å². The Morgan fingerprint density at radius 2 is 2.05 bits per heavy atom. The van der Waals surface area contributed by atoms with Crippen LogP contribution >= 0.6 is 0 Å². The standard InChI is InChI=1S/C14H17FN4/c1-3-19(13-7-5-4-6-12(13)15)14-10-17-9-11(18-14)8-16-2/h4-7,9-10,16H,3,8H2,1-2H3. The Labute approximate surface area is 112 Å². The third kappa shape index (κ3) is 3.06. The van der Waals surface area contributed by atoms with Gasteiger partial charge in [-0.25, -0.2) is 9.37 Å². The van der Waals surface area contributed by atoms with E-state index < -0.39 is 0 Å². The molecule has 1 heterocycles. The van der Waals surface area contributed by atoms with Gasteiger partial charge in [0.1, 0.15) is 5.82 Å². The summed E-state index contributed by atoms with van der Waals surface area (Å²) >= 11 is 0. The Balaban J connectivity index is 2.37. The molecule has 0 saturated heterocycles. The van der Waals surface area contributed by atoms with E-state index in [1.165, 1.54) is 6.07 Å². The molecule has 4 nitrogen and oxygen atoms in total. The lowest BCUT2D eigenvalue weighted by Gasteiger charge is -2.22. The second kappa shape index (κ2) is 6.24. The van der Waals surface area contributed by atoms with E-state index in [1.54, 1.807) is 24.5 Å². The zero-order chi connectivity index (χ0) is 13.7. The molecule has 0 aliphatic rings. The Morgan fingerprint density at radius 3 is 2.74 bits per heavy atom. The van der Waals surface area contributed by atoms with Crippen molar-refractivity contribution < 1.29 is 4.39 Å². The maximum Gasteiger partial charge on any atom is 0.151 e. The van der Waals surface area contributed by atoms with E-state index in [0.717, 1.165) is 5.69 Å². The quantitative estimate of drug-likeness (QED) is 0.896. The Kier molecular flexibility index (Phi) is 4.41. The molecule has 0 unspecified atom stereocenters. The minimum atomic E-state index is -0.259. The molecular weight excluding hydrogens is 243 g/mol. The average Bonchev–Trinajstić information content (AvgIpc) is 2.43. The molecule has 0 radical (unpaired) electrons. The van der Waals surface area contributed by atoms with Gasteiger partial charge in [-0.05, 0) is 26.1 Å². The van der Waals surface area contributed by atoms with Gasteiger partial charge < -0.3 is 10.2 Å². The van der Waals surface area contributed by atoms with Crippen LogP contribution in [0.4, 0.5) is 15.9 Å². The van der Waals surface area contributed by atoms with E-state index in [-0.39, 0.29) is 5.82 Å². The van der Waals surface area contributed by atoms with E-state index in [2.05, 4.69) is 15.3 Å². The van der Waals surface area contributed by atoms with E-state index in [0.29, 0.717) is 24.6 Å². The van der Waals surface area contributed by atoms with Gasteiger partial charge in [-0.3, -0.25) is 4.98 Å². The van der Waals surface area contributed by atoms with E-state index >= 15 is 0 Å². The molecule has 0 spiro atoms. The van der Waals surface area contributed by atoms with Crippen LogP contribution in [0.3, 0.4) is 0 Å². The summed E-state index contributed by atoms with van der Waals surface area (Å²) in [6.45, 7) is 3.22. The molecule has 0 amide bonds. The molecule has 0 atom stereocenters. The summed E-state index contributed by atoms with van der Waals surface area (Å²) in [6.07, 6.45) is 3.35. The number of anilines is 2. The molecule has 0 aliphatic carbocycles. The van der Waals surface area contributed by atoms with E-state index in [9.17, 15) is 4.39 Å². The first-order valence-electron chi connectivity index (χ1n) is 6.23. The van der Waals surface area contributed by atoms with Crippen LogP contribution < -0.4 is 10.2 Å². The first kappa shape index (κ1) is 13.4. The average molecular weight is 260 g/mol. The molecule has 1 aromatic carbocycles. The van der Waals surface area contributed by atoms with Crippen LogP contribution in [-0.2, 0) is 6.54 Å². The molecule has 1 aromatic heterocycles. The van der Waals surface area contributed by atoms with E-state index in [1.807, 2.05) is 24.9 Å². The lowest BCUT2D eigenvalue weighted by molar-refractivity contribution is 0.625. The Hall–Kier alpha value is -2.01. The minimum Gasteiger partial charge on any atom is -0.323 e. The van der Waals surface area contributed by atoms with Gasteiger partial charge in [0.2, 0.25) is 0 Å². The maximum absolute atomic E-state index is 13.9. The van der Waals surface area contributed by atoms with Gasteiger partial charge in [-0.2, -0.15) is 0 Å². The number of para-hydroxylation sites is 1. The second-order valence-electron chi connectivity index (χ2n) is 4.09. The summed E-state index contributed by atoms with van der Waals surface area (Å²) in [5, 5.41) is 3.02. The number of aromatic nitrogens is 2. The molecule has 0 fully saturated rings. The number of hydrogen-bond acceptors (Lipinski definition) is 4. The number of benzene rings is 1. The van der Waals surface area contributed by atoms with Crippen molar-refractivity contribution in [1.82, 2.24) is 15.3 Å². The largest absolute Gasteiger partial charge is 0.323 e. The van der Waals surface area contributed by atoms with Crippen LogP contribution in [0.1, 0.15) is 12.6 Å². The monoisotopic (exact) mass is 260 g/mol. The van der Waals surface area contributed by atoms with Crippen molar-refractivity contribution in [2.75, 3.05) is 18.5 Å². The fourth-order valence-electron chi connectivity index (χ4n) is 1.92. The van der Waals surface area contributed by atoms with Crippen LogP contribution in [0.5, 0.6) is 0 Å². The van der Waals surface area contributed by atoms with Gasteiger partial charge in [0.05, 0.1) is 17.6 Å². The molecule has 0 bridgehead atoms. The molecule has 100 valence electrons. The number of nitrogens with one attached hydrogen (secondary N) is 1. The molecule has 19 heavy (non-hydrogen) atoms. The zero-order valence-corrected chi connectivity index (χ0v) is 11.1. The number of hydrogen-bond donors (Lipinski definition) is 1. The Morgan fingerprint density at radius 1 is 1.26 bits per heavy atom. The normalized spacial score (nSPS) is 10.5. The second-order valence-corrected chi connectivity index (χ2v) is 4.09. The van der Waals surface area contributed by atoms with Crippen molar-refractivity contribution in [3.63, 3.8) is 0 Å². The predicted octanol–water partition coefficient (Wildman–Crippen LogP) is 2.49. The van der Waals surface area contributed by atoms with Gasteiger partial charge in [0.15, 0.2) is 5.82 Å². The van der Waals surface area contributed by atoms with Crippen LogP contribution in [0.15, 0.2) is 36.7 Å². The molecule has 5 heteroatoms. The molecule has 1 N–H and O–H groups in total. The summed E-state index contributed by atoms with van der Waals surface area (Å²) in [5.74, 6) is 0.394. The zero-order valence-electron chi connectivity index (χ0n) is 11.1. The molecule has 2 aromatic rings. The maximum atomic E-state index is 13.9. The highest BCUT2D eigenvalue weighted by atomic mass is 19.1.